The number of amides is 4. The Bertz CT molecular complexity index is 554. The van der Waals surface area contributed by atoms with Gasteiger partial charge >= 0.3 is 6.03 Å². The molecule has 19 heavy (non-hydrogen) atoms. The van der Waals surface area contributed by atoms with Gasteiger partial charge in [-0.25, -0.2) is 9.80 Å². The van der Waals surface area contributed by atoms with Gasteiger partial charge in [-0.2, -0.15) is 0 Å². The molecule has 7 heteroatoms. The number of nitrogens with zero attached hydrogens (tertiary/aromatic N) is 1. The first-order valence-electron chi connectivity index (χ1n) is 5.40. The van der Waals surface area contributed by atoms with Gasteiger partial charge in [0.1, 0.15) is 6.54 Å². The largest absolute Gasteiger partial charge is 0.343 e. The maximum atomic E-state index is 11.5. The van der Waals surface area contributed by atoms with Crippen LogP contribution in [0.3, 0.4) is 0 Å². The number of carbonyl (C=O) groups excluding carboxylic acids is 3. The van der Waals surface area contributed by atoms with Crippen molar-refractivity contribution in [3.8, 4) is 0 Å². The average molecular weight is 280 g/mol. The Morgan fingerprint density at radius 1 is 1.32 bits per heavy atom. The Kier molecular flexibility index (Phi) is 3.82. The third-order valence-corrected chi connectivity index (χ3v) is 2.59. The van der Waals surface area contributed by atoms with Gasteiger partial charge in [-0.05, 0) is 23.8 Å². The summed E-state index contributed by atoms with van der Waals surface area (Å²) in [6, 6.07) is 6.26. The molecule has 2 rings (SSSR count). The number of urea groups is 1. The van der Waals surface area contributed by atoms with Crippen molar-refractivity contribution in [3.63, 3.8) is 0 Å². The van der Waals surface area contributed by atoms with Crippen molar-refractivity contribution >= 4 is 35.5 Å². The van der Waals surface area contributed by atoms with Gasteiger partial charge in [-0.1, -0.05) is 23.7 Å². The Hall–Kier alpha value is -2.34. The summed E-state index contributed by atoms with van der Waals surface area (Å²) in [5.74, 6) is -0.952. The van der Waals surface area contributed by atoms with Crippen molar-refractivity contribution in [1.82, 2.24) is 15.8 Å². The number of imide groups is 1. The monoisotopic (exact) mass is 279 g/mol. The number of rotatable bonds is 3. The second-order valence-corrected chi connectivity index (χ2v) is 4.24. The van der Waals surface area contributed by atoms with Crippen LogP contribution in [-0.4, -0.2) is 29.4 Å². The number of nitrogens with one attached hydrogen (secondary N) is 2. The highest BCUT2D eigenvalue weighted by molar-refractivity contribution is 6.30. The van der Waals surface area contributed by atoms with Crippen LogP contribution in [0.4, 0.5) is 4.79 Å². The number of hydrogen-bond donors (Lipinski definition) is 2. The van der Waals surface area contributed by atoms with Crippen LogP contribution in [0.15, 0.2) is 30.3 Å². The minimum Gasteiger partial charge on any atom is -0.275 e. The summed E-state index contributed by atoms with van der Waals surface area (Å²) in [6.45, 7) is -0.181. The molecule has 4 amide bonds. The third-order valence-electron chi connectivity index (χ3n) is 2.34. The molecule has 0 bridgehead atoms. The molecule has 1 aromatic rings. The molecule has 0 spiro atoms. The van der Waals surface area contributed by atoms with E-state index in [-0.39, 0.29) is 6.54 Å². The molecule has 1 heterocycles. The van der Waals surface area contributed by atoms with E-state index < -0.39 is 17.8 Å². The van der Waals surface area contributed by atoms with Crippen LogP contribution in [0, 0.1) is 0 Å². The average Bonchev–Trinajstić information content (AvgIpc) is 2.67. The predicted molar refractivity (Wildman–Crippen MR) is 68.9 cm³/mol. The van der Waals surface area contributed by atoms with Crippen molar-refractivity contribution in [2.45, 2.75) is 0 Å². The molecule has 2 N–H and O–H groups in total. The van der Waals surface area contributed by atoms with Gasteiger partial charge in [0.25, 0.3) is 5.91 Å². The van der Waals surface area contributed by atoms with E-state index in [1.165, 1.54) is 6.08 Å². The second kappa shape index (κ2) is 5.53. The van der Waals surface area contributed by atoms with Crippen molar-refractivity contribution < 1.29 is 14.4 Å². The molecule has 1 aliphatic rings. The molecule has 0 aromatic heterocycles. The summed E-state index contributed by atoms with van der Waals surface area (Å²) in [5, 5.41) is 3.57. The SMILES string of the molecule is O=C(C=Cc1ccc(Cl)cc1)NN1CC(=O)NC1=O. The lowest BCUT2D eigenvalue weighted by atomic mass is 10.2. The fourth-order valence-electron chi connectivity index (χ4n) is 1.45. The van der Waals surface area contributed by atoms with E-state index in [0.717, 1.165) is 10.6 Å². The third kappa shape index (κ3) is 3.56. The van der Waals surface area contributed by atoms with E-state index in [4.69, 9.17) is 11.6 Å². The van der Waals surface area contributed by atoms with Gasteiger partial charge < -0.3 is 0 Å². The van der Waals surface area contributed by atoms with Gasteiger partial charge in [-0.3, -0.25) is 20.3 Å². The van der Waals surface area contributed by atoms with E-state index in [0.29, 0.717) is 5.02 Å². The highest BCUT2D eigenvalue weighted by Gasteiger charge is 2.27. The zero-order valence-electron chi connectivity index (χ0n) is 9.72. The van der Waals surface area contributed by atoms with Gasteiger partial charge in [0.05, 0.1) is 0 Å². The Balaban J connectivity index is 1.92. The van der Waals surface area contributed by atoms with Crippen LogP contribution in [0.5, 0.6) is 0 Å². The summed E-state index contributed by atoms with van der Waals surface area (Å²) < 4.78 is 0. The van der Waals surface area contributed by atoms with E-state index in [2.05, 4.69) is 5.43 Å². The Labute approximate surface area is 114 Å². The van der Waals surface area contributed by atoms with Crippen molar-refractivity contribution in [2.75, 3.05) is 6.54 Å². The molecule has 0 radical (unpaired) electrons. The van der Waals surface area contributed by atoms with Crippen molar-refractivity contribution in [3.05, 3.63) is 40.9 Å². The molecular formula is C12H10ClN3O3. The van der Waals surface area contributed by atoms with Crippen molar-refractivity contribution in [1.29, 1.82) is 0 Å². The second-order valence-electron chi connectivity index (χ2n) is 3.80. The standard InChI is InChI=1S/C12H10ClN3O3/c13-9-4-1-8(2-5-9)3-6-10(17)15-16-7-11(18)14-12(16)19/h1-6H,7H2,(H,15,17)(H,14,18,19). The van der Waals surface area contributed by atoms with E-state index in [1.807, 2.05) is 5.32 Å². The molecule has 1 aromatic carbocycles. The molecule has 1 fully saturated rings. The smallest absolute Gasteiger partial charge is 0.275 e. The minimum atomic E-state index is -0.641. The molecule has 0 aliphatic carbocycles. The van der Waals surface area contributed by atoms with Gasteiger partial charge in [0.2, 0.25) is 5.91 Å². The van der Waals surface area contributed by atoms with E-state index in [1.54, 1.807) is 30.3 Å². The molecule has 6 nitrogen and oxygen atoms in total. The zero-order chi connectivity index (χ0) is 13.8. The normalized spacial score (nSPS) is 14.9. The number of carbonyl (C=O) groups is 3. The van der Waals surface area contributed by atoms with Crippen molar-refractivity contribution in [2.24, 2.45) is 0 Å². The molecule has 0 unspecified atom stereocenters. The molecular weight excluding hydrogens is 270 g/mol. The lowest BCUT2D eigenvalue weighted by Gasteiger charge is -2.12. The fourth-order valence-corrected chi connectivity index (χ4v) is 1.57. The van der Waals surface area contributed by atoms with E-state index in [9.17, 15) is 14.4 Å². The molecule has 98 valence electrons. The van der Waals surface area contributed by atoms with Crippen LogP contribution in [0.25, 0.3) is 6.08 Å². The Morgan fingerprint density at radius 3 is 2.58 bits per heavy atom. The van der Waals surface area contributed by atoms with Crippen LogP contribution < -0.4 is 10.7 Å². The number of benzene rings is 1. The molecule has 0 atom stereocenters. The quantitative estimate of drug-likeness (QED) is 0.638. The zero-order valence-corrected chi connectivity index (χ0v) is 10.5. The molecule has 0 saturated carbocycles. The first-order valence-corrected chi connectivity index (χ1v) is 5.78. The maximum Gasteiger partial charge on any atom is 0.343 e. The predicted octanol–water partition coefficient (Wildman–Crippen LogP) is 0.936. The summed E-state index contributed by atoms with van der Waals surface area (Å²) in [7, 11) is 0. The number of halogens is 1. The summed E-state index contributed by atoms with van der Waals surface area (Å²) >= 11 is 5.73. The first-order chi connectivity index (χ1) is 9.04. The maximum absolute atomic E-state index is 11.5. The van der Waals surface area contributed by atoms with Gasteiger partial charge in [0, 0.05) is 11.1 Å². The Morgan fingerprint density at radius 2 is 2.00 bits per heavy atom. The summed E-state index contributed by atoms with van der Waals surface area (Å²) in [5.41, 5.74) is 3.08. The highest BCUT2D eigenvalue weighted by atomic mass is 35.5. The first kappa shape index (κ1) is 13.1. The van der Waals surface area contributed by atoms with Gasteiger partial charge in [0.15, 0.2) is 0 Å². The highest BCUT2D eigenvalue weighted by Crippen LogP contribution is 2.10. The molecule has 1 saturated heterocycles. The van der Waals surface area contributed by atoms with Gasteiger partial charge in [-0.15, -0.1) is 0 Å². The van der Waals surface area contributed by atoms with Crippen LogP contribution in [0.1, 0.15) is 5.56 Å². The molecule has 1 aliphatic heterocycles. The van der Waals surface area contributed by atoms with E-state index >= 15 is 0 Å². The number of hydrazine groups is 1. The lowest BCUT2D eigenvalue weighted by molar-refractivity contribution is -0.121. The minimum absolute atomic E-state index is 0.181. The van der Waals surface area contributed by atoms with Crippen LogP contribution in [-0.2, 0) is 9.59 Å². The van der Waals surface area contributed by atoms with Crippen LogP contribution in [0.2, 0.25) is 5.02 Å². The lowest BCUT2D eigenvalue weighted by Crippen LogP contribution is -2.43. The summed E-state index contributed by atoms with van der Waals surface area (Å²) in [6.07, 6.45) is 2.83. The fraction of sp³-hybridized carbons (Fsp3) is 0.0833. The topological polar surface area (TPSA) is 78.5 Å². The summed E-state index contributed by atoms with van der Waals surface area (Å²) in [4.78, 5) is 33.6. The number of hydrogen-bond acceptors (Lipinski definition) is 3. The van der Waals surface area contributed by atoms with Crippen LogP contribution >= 0.6 is 11.6 Å².